The fraction of sp³-hybridized carbons (Fsp3) is 0.357. The Hall–Kier alpha value is -1.61. The molecule has 0 bridgehead atoms. The lowest BCUT2D eigenvalue weighted by Gasteiger charge is -2.14. The van der Waals surface area contributed by atoms with Crippen LogP contribution in [0.2, 0.25) is 0 Å². The van der Waals surface area contributed by atoms with Crippen molar-refractivity contribution in [2.75, 3.05) is 7.05 Å². The zero-order valence-corrected chi connectivity index (χ0v) is 10.6. The molecule has 1 aromatic carbocycles. The van der Waals surface area contributed by atoms with Crippen LogP contribution in [0, 0.1) is 0 Å². The quantitative estimate of drug-likeness (QED) is 0.873. The molecule has 1 N–H and O–H groups in total. The molecule has 0 aliphatic rings. The predicted octanol–water partition coefficient (Wildman–Crippen LogP) is 2.76. The van der Waals surface area contributed by atoms with Crippen molar-refractivity contribution in [3.63, 3.8) is 0 Å². The van der Waals surface area contributed by atoms with Gasteiger partial charge in [-0.3, -0.25) is 4.68 Å². The van der Waals surface area contributed by atoms with Gasteiger partial charge in [0.05, 0.1) is 5.69 Å². The maximum atomic E-state index is 4.40. The van der Waals surface area contributed by atoms with Crippen molar-refractivity contribution >= 4 is 0 Å². The van der Waals surface area contributed by atoms with Crippen LogP contribution in [0.1, 0.15) is 24.9 Å². The molecular formula is C14H19N3. The van der Waals surface area contributed by atoms with E-state index in [0.29, 0.717) is 6.04 Å². The summed E-state index contributed by atoms with van der Waals surface area (Å²) in [5, 5.41) is 7.71. The van der Waals surface area contributed by atoms with E-state index in [1.54, 1.807) is 0 Å². The summed E-state index contributed by atoms with van der Waals surface area (Å²) in [6.07, 6.45) is 3.06. The molecule has 0 saturated heterocycles. The molecule has 0 spiro atoms. The molecule has 90 valence electrons. The van der Waals surface area contributed by atoms with Crippen molar-refractivity contribution in [3.05, 3.63) is 42.1 Å². The maximum absolute atomic E-state index is 4.40. The number of benzene rings is 1. The highest BCUT2D eigenvalue weighted by atomic mass is 15.2. The van der Waals surface area contributed by atoms with E-state index in [1.807, 2.05) is 31.0 Å². The normalized spacial score (nSPS) is 12.6. The van der Waals surface area contributed by atoms with Crippen molar-refractivity contribution in [2.24, 2.45) is 7.05 Å². The molecule has 0 saturated carbocycles. The van der Waals surface area contributed by atoms with E-state index in [4.69, 9.17) is 0 Å². The minimum Gasteiger partial charge on any atom is -0.313 e. The highest BCUT2D eigenvalue weighted by Crippen LogP contribution is 2.21. The first-order valence-corrected chi connectivity index (χ1v) is 6.02. The average molecular weight is 229 g/mol. The van der Waals surface area contributed by atoms with Crippen molar-refractivity contribution in [3.8, 4) is 11.3 Å². The molecule has 0 fully saturated rings. The summed E-state index contributed by atoms with van der Waals surface area (Å²) in [7, 11) is 3.94. The standard InChI is InChI=1S/C14H19N3/c1-4-13(15-2)11-5-7-12(8-6-11)14-9-10-17(3)16-14/h5-10,13,15H,4H2,1-3H3. The Labute approximate surface area is 102 Å². The van der Waals surface area contributed by atoms with Gasteiger partial charge < -0.3 is 5.32 Å². The summed E-state index contributed by atoms with van der Waals surface area (Å²) < 4.78 is 1.83. The molecule has 2 rings (SSSR count). The van der Waals surface area contributed by atoms with E-state index in [-0.39, 0.29) is 0 Å². The smallest absolute Gasteiger partial charge is 0.0923 e. The van der Waals surface area contributed by atoms with Crippen LogP contribution in [0.15, 0.2) is 36.5 Å². The maximum Gasteiger partial charge on any atom is 0.0923 e. The number of rotatable bonds is 4. The number of hydrogen-bond donors (Lipinski definition) is 1. The Morgan fingerprint density at radius 3 is 2.41 bits per heavy atom. The van der Waals surface area contributed by atoms with Gasteiger partial charge in [-0.2, -0.15) is 5.10 Å². The Kier molecular flexibility index (Phi) is 3.59. The highest BCUT2D eigenvalue weighted by Gasteiger charge is 2.07. The first-order chi connectivity index (χ1) is 8.24. The number of aryl methyl sites for hydroxylation is 1. The first kappa shape index (κ1) is 11.9. The molecule has 0 radical (unpaired) electrons. The van der Waals surface area contributed by atoms with Crippen LogP contribution in [0.3, 0.4) is 0 Å². The molecule has 3 heteroatoms. The van der Waals surface area contributed by atoms with Crippen LogP contribution in [0.5, 0.6) is 0 Å². The second-order valence-corrected chi connectivity index (χ2v) is 4.25. The van der Waals surface area contributed by atoms with Crippen LogP contribution in [-0.4, -0.2) is 16.8 Å². The van der Waals surface area contributed by atoms with Gasteiger partial charge in [0.2, 0.25) is 0 Å². The Morgan fingerprint density at radius 1 is 1.24 bits per heavy atom. The van der Waals surface area contributed by atoms with Gasteiger partial charge in [-0.25, -0.2) is 0 Å². The summed E-state index contributed by atoms with van der Waals surface area (Å²) in [5.41, 5.74) is 3.52. The largest absolute Gasteiger partial charge is 0.313 e. The van der Waals surface area contributed by atoms with Gasteiger partial charge in [0.1, 0.15) is 0 Å². The van der Waals surface area contributed by atoms with Crippen molar-refractivity contribution in [1.29, 1.82) is 0 Å². The lowest BCUT2D eigenvalue weighted by Crippen LogP contribution is -2.14. The third kappa shape index (κ3) is 2.56. The van der Waals surface area contributed by atoms with Gasteiger partial charge in [-0.1, -0.05) is 31.2 Å². The van der Waals surface area contributed by atoms with Gasteiger partial charge in [0, 0.05) is 24.8 Å². The minimum atomic E-state index is 0.438. The van der Waals surface area contributed by atoms with Gasteiger partial charge >= 0.3 is 0 Å². The average Bonchev–Trinajstić information content (AvgIpc) is 2.78. The number of aromatic nitrogens is 2. The molecule has 1 unspecified atom stereocenters. The van der Waals surface area contributed by atoms with Crippen LogP contribution in [0.4, 0.5) is 0 Å². The number of nitrogens with zero attached hydrogens (tertiary/aromatic N) is 2. The van der Waals surface area contributed by atoms with E-state index < -0.39 is 0 Å². The second kappa shape index (κ2) is 5.15. The molecule has 1 atom stereocenters. The number of hydrogen-bond acceptors (Lipinski definition) is 2. The van der Waals surface area contributed by atoms with Gasteiger partial charge in [-0.05, 0) is 25.1 Å². The summed E-state index contributed by atoms with van der Waals surface area (Å²) >= 11 is 0. The van der Waals surface area contributed by atoms with Gasteiger partial charge in [0.25, 0.3) is 0 Å². The molecule has 17 heavy (non-hydrogen) atoms. The predicted molar refractivity (Wildman–Crippen MR) is 70.7 cm³/mol. The SMILES string of the molecule is CCC(NC)c1ccc(-c2ccn(C)n2)cc1. The molecule has 1 aromatic heterocycles. The molecule has 0 amide bonds. The molecule has 3 nitrogen and oxygen atoms in total. The lowest BCUT2D eigenvalue weighted by molar-refractivity contribution is 0.577. The van der Waals surface area contributed by atoms with Crippen LogP contribution in [0.25, 0.3) is 11.3 Å². The fourth-order valence-corrected chi connectivity index (χ4v) is 2.06. The molecule has 2 aromatic rings. The summed E-state index contributed by atoms with van der Waals surface area (Å²) in [6.45, 7) is 2.19. The van der Waals surface area contributed by atoms with Gasteiger partial charge in [-0.15, -0.1) is 0 Å². The summed E-state index contributed by atoms with van der Waals surface area (Å²) in [5.74, 6) is 0. The lowest BCUT2D eigenvalue weighted by atomic mass is 10.0. The molecule has 0 aliphatic carbocycles. The van der Waals surface area contributed by atoms with E-state index in [2.05, 4.69) is 41.6 Å². The van der Waals surface area contributed by atoms with E-state index in [9.17, 15) is 0 Å². The number of nitrogens with one attached hydrogen (secondary N) is 1. The highest BCUT2D eigenvalue weighted by molar-refractivity contribution is 5.58. The zero-order valence-electron chi connectivity index (χ0n) is 10.6. The van der Waals surface area contributed by atoms with Crippen LogP contribution >= 0.6 is 0 Å². The van der Waals surface area contributed by atoms with Gasteiger partial charge in [0.15, 0.2) is 0 Å². The monoisotopic (exact) mass is 229 g/mol. The van der Waals surface area contributed by atoms with E-state index in [0.717, 1.165) is 12.1 Å². The third-order valence-corrected chi connectivity index (χ3v) is 3.08. The van der Waals surface area contributed by atoms with E-state index >= 15 is 0 Å². The topological polar surface area (TPSA) is 29.9 Å². The third-order valence-electron chi connectivity index (χ3n) is 3.08. The van der Waals surface area contributed by atoms with E-state index in [1.165, 1.54) is 11.1 Å². The summed E-state index contributed by atoms with van der Waals surface area (Å²) in [6, 6.07) is 11.1. The zero-order chi connectivity index (χ0) is 12.3. The van der Waals surface area contributed by atoms with Crippen molar-refractivity contribution in [1.82, 2.24) is 15.1 Å². The Bertz CT molecular complexity index is 466. The Balaban J connectivity index is 2.23. The van der Waals surface area contributed by atoms with Crippen LogP contribution < -0.4 is 5.32 Å². The minimum absolute atomic E-state index is 0.438. The van der Waals surface area contributed by atoms with Crippen molar-refractivity contribution < 1.29 is 0 Å². The Morgan fingerprint density at radius 2 is 1.94 bits per heavy atom. The second-order valence-electron chi connectivity index (χ2n) is 4.25. The fourth-order valence-electron chi connectivity index (χ4n) is 2.06. The molecular weight excluding hydrogens is 210 g/mol. The van der Waals surface area contributed by atoms with Crippen molar-refractivity contribution in [2.45, 2.75) is 19.4 Å². The first-order valence-electron chi connectivity index (χ1n) is 6.02. The van der Waals surface area contributed by atoms with Crippen LogP contribution in [-0.2, 0) is 7.05 Å². The summed E-state index contributed by atoms with van der Waals surface area (Å²) in [4.78, 5) is 0. The molecule has 0 aliphatic heterocycles. The molecule has 1 heterocycles.